The predicted octanol–water partition coefficient (Wildman–Crippen LogP) is 4.59. The first-order chi connectivity index (χ1) is 12.7. The summed E-state index contributed by atoms with van der Waals surface area (Å²) in [6, 6.07) is 24.9. The first-order valence-corrected chi connectivity index (χ1v) is 8.46. The second kappa shape index (κ2) is 8.72. The predicted molar refractivity (Wildman–Crippen MR) is 103 cm³/mol. The van der Waals surface area contributed by atoms with Crippen molar-refractivity contribution >= 4 is 11.6 Å². The van der Waals surface area contributed by atoms with Crippen LogP contribution in [0.15, 0.2) is 78.9 Å². The summed E-state index contributed by atoms with van der Waals surface area (Å²) in [7, 11) is 0. The molecule has 4 nitrogen and oxygen atoms in total. The molecular formula is C22H21NO3. The Morgan fingerprint density at radius 3 is 2.23 bits per heavy atom. The van der Waals surface area contributed by atoms with Crippen molar-refractivity contribution in [1.29, 1.82) is 0 Å². The lowest BCUT2D eigenvalue weighted by atomic mass is 10.2. The lowest BCUT2D eigenvalue weighted by Crippen LogP contribution is -2.20. The number of nitrogens with one attached hydrogen (secondary N) is 1. The second-order valence-corrected chi connectivity index (χ2v) is 5.87. The minimum atomic E-state index is -0.232. The summed E-state index contributed by atoms with van der Waals surface area (Å²) in [6.45, 7) is 2.32. The summed E-state index contributed by atoms with van der Waals surface area (Å²) in [6.07, 6.45) is 0. The van der Waals surface area contributed by atoms with Crippen molar-refractivity contribution in [1.82, 2.24) is 0 Å². The molecule has 0 heterocycles. The molecule has 0 atom stereocenters. The molecule has 3 aromatic carbocycles. The quantitative estimate of drug-likeness (QED) is 0.680. The zero-order valence-electron chi connectivity index (χ0n) is 14.6. The Labute approximate surface area is 153 Å². The maximum absolute atomic E-state index is 12.2. The van der Waals surface area contributed by atoms with Crippen molar-refractivity contribution < 1.29 is 14.3 Å². The Hall–Kier alpha value is -3.27. The molecule has 0 aliphatic carbocycles. The van der Waals surface area contributed by atoms with Crippen LogP contribution in [0, 0.1) is 6.92 Å². The highest BCUT2D eigenvalue weighted by Crippen LogP contribution is 2.25. The van der Waals surface area contributed by atoms with Gasteiger partial charge in [-0.25, -0.2) is 0 Å². The van der Waals surface area contributed by atoms with Gasteiger partial charge in [-0.2, -0.15) is 0 Å². The zero-order valence-corrected chi connectivity index (χ0v) is 14.6. The van der Waals surface area contributed by atoms with Crippen LogP contribution in [0.1, 0.15) is 11.1 Å². The van der Waals surface area contributed by atoms with Gasteiger partial charge in [-0.05, 0) is 36.2 Å². The van der Waals surface area contributed by atoms with Crippen molar-refractivity contribution in [2.24, 2.45) is 0 Å². The molecule has 0 radical (unpaired) electrons. The van der Waals surface area contributed by atoms with Gasteiger partial charge in [0.1, 0.15) is 18.1 Å². The third-order valence-corrected chi connectivity index (χ3v) is 3.85. The molecule has 0 unspecified atom stereocenters. The summed E-state index contributed by atoms with van der Waals surface area (Å²) in [5, 5.41) is 2.85. The van der Waals surface area contributed by atoms with Crippen LogP contribution in [0.3, 0.4) is 0 Å². The van der Waals surface area contributed by atoms with E-state index in [2.05, 4.69) is 5.32 Å². The fourth-order valence-corrected chi connectivity index (χ4v) is 2.48. The second-order valence-electron chi connectivity index (χ2n) is 5.87. The van der Waals surface area contributed by atoms with Gasteiger partial charge >= 0.3 is 0 Å². The van der Waals surface area contributed by atoms with Gasteiger partial charge < -0.3 is 14.8 Å². The van der Waals surface area contributed by atoms with Gasteiger partial charge in [0.15, 0.2) is 6.61 Å². The van der Waals surface area contributed by atoms with Gasteiger partial charge in [-0.1, -0.05) is 60.7 Å². The Morgan fingerprint density at radius 2 is 1.46 bits per heavy atom. The smallest absolute Gasteiger partial charge is 0.262 e. The number of carbonyl (C=O) groups is 1. The average molecular weight is 347 g/mol. The number of para-hydroxylation sites is 3. The fraction of sp³-hybridized carbons (Fsp3) is 0.136. The van der Waals surface area contributed by atoms with Crippen molar-refractivity contribution in [2.75, 3.05) is 11.9 Å². The summed E-state index contributed by atoms with van der Waals surface area (Å²) < 4.78 is 11.4. The van der Waals surface area contributed by atoms with Crippen molar-refractivity contribution in [2.45, 2.75) is 13.5 Å². The van der Waals surface area contributed by atoms with Crippen LogP contribution in [-0.2, 0) is 11.4 Å². The van der Waals surface area contributed by atoms with E-state index in [1.165, 1.54) is 0 Å². The molecule has 0 fully saturated rings. The monoisotopic (exact) mass is 347 g/mol. The summed E-state index contributed by atoms with van der Waals surface area (Å²) in [4.78, 5) is 12.2. The molecule has 0 saturated carbocycles. The fourth-order valence-electron chi connectivity index (χ4n) is 2.48. The first-order valence-electron chi connectivity index (χ1n) is 8.46. The SMILES string of the molecule is Cc1ccccc1OCC(=O)Nc1ccccc1OCc1ccccc1. The van der Waals surface area contributed by atoms with E-state index in [-0.39, 0.29) is 12.5 Å². The van der Waals surface area contributed by atoms with Crippen LogP contribution < -0.4 is 14.8 Å². The molecule has 0 bridgehead atoms. The van der Waals surface area contributed by atoms with E-state index >= 15 is 0 Å². The van der Waals surface area contributed by atoms with Crippen molar-refractivity contribution in [3.05, 3.63) is 90.0 Å². The Kier molecular flexibility index (Phi) is 5.88. The Bertz CT molecular complexity index is 862. The van der Waals surface area contributed by atoms with E-state index in [9.17, 15) is 4.79 Å². The van der Waals surface area contributed by atoms with Gasteiger partial charge in [0.05, 0.1) is 5.69 Å². The number of carbonyl (C=O) groups excluding carboxylic acids is 1. The molecule has 3 rings (SSSR count). The van der Waals surface area contributed by atoms with Gasteiger partial charge in [0.25, 0.3) is 5.91 Å². The standard InChI is InChI=1S/C22H21NO3/c1-17-9-5-7-13-20(17)26-16-22(24)23-19-12-6-8-14-21(19)25-15-18-10-3-2-4-11-18/h2-14H,15-16H2,1H3,(H,23,24). The number of hydrogen-bond acceptors (Lipinski definition) is 3. The number of aryl methyl sites for hydroxylation is 1. The molecule has 132 valence electrons. The van der Waals surface area contributed by atoms with Crippen LogP contribution >= 0.6 is 0 Å². The maximum atomic E-state index is 12.2. The third kappa shape index (κ3) is 4.86. The molecule has 26 heavy (non-hydrogen) atoms. The lowest BCUT2D eigenvalue weighted by Gasteiger charge is -2.13. The minimum absolute atomic E-state index is 0.0577. The van der Waals surface area contributed by atoms with Crippen molar-refractivity contribution in [3.63, 3.8) is 0 Å². The third-order valence-electron chi connectivity index (χ3n) is 3.85. The summed E-state index contributed by atoms with van der Waals surface area (Å²) in [5.41, 5.74) is 2.69. The van der Waals surface area contributed by atoms with Crippen LogP contribution in [0.4, 0.5) is 5.69 Å². The van der Waals surface area contributed by atoms with Crippen LogP contribution in [0.25, 0.3) is 0 Å². The number of rotatable bonds is 7. The van der Waals surface area contributed by atoms with E-state index in [4.69, 9.17) is 9.47 Å². The van der Waals surface area contributed by atoms with E-state index in [0.29, 0.717) is 23.8 Å². The minimum Gasteiger partial charge on any atom is -0.487 e. The lowest BCUT2D eigenvalue weighted by molar-refractivity contribution is -0.118. The summed E-state index contributed by atoms with van der Waals surface area (Å²) >= 11 is 0. The number of ether oxygens (including phenoxy) is 2. The first kappa shape index (κ1) is 17.5. The maximum Gasteiger partial charge on any atom is 0.262 e. The summed E-state index contributed by atoms with van der Waals surface area (Å²) in [5.74, 6) is 1.10. The van der Waals surface area contributed by atoms with Gasteiger partial charge in [0, 0.05) is 0 Å². The normalized spacial score (nSPS) is 10.2. The molecular weight excluding hydrogens is 326 g/mol. The molecule has 1 N–H and O–H groups in total. The molecule has 0 aromatic heterocycles. The topological polar surface area (TPSA) is 47.6 Å². The average Bonchev–Trinajstić information content (AvgIpc) is 2.67. The molecule has 4 heteroatoms. The van der Waals surface area contributed by atoms with Crippen molar-refractivity contribution in [3.8, 4) is 11.5 Å². The largest absolute Gasteiger partial charge is 0.487 e. The Balaban J connectivity index is 1.59. The molecule has 1 amide bonds. The van der Waals surface area contributed by atoms with Gasteiger partial charge in [-0.3, -0.25) is 4.79 Å². The van der Waals surface area contributed by atoms with Crippen LogP contribution in [0.2, 0.25) is 0 Å². The molecule has 3 aromatic rings. The number of amides is 1. The van der Waals surface area contributed by atoms with Crippen LogP contribution in [0.5, 0.6) is 11.5 Å². The zero-order chi connectivity index (χ0) is 18.2. The molecule has 0 aliphatic heterocycles. The van der Waals surface area contributed by atoms with E-state index in [1.807, 2.05) is 85.8 Å². The number of anilines is 1. The van der Waals surface area contributed by atoms with E-state index in [1.54, 1.807) is 0 Å². The number of benzene rings is 3. The van der Waals surface area contributed by atoms with Gasteiger partial charge in [-0.15, -0.1) is 0 Å². The molecule has 0 spiro atoms. The van der Waals surface area contributed by atoms with E-state index < -0.39 is 0 Å². The number of hydrogen-bond donors (Lipinski definition) is 1. The molecule has 0 saturated heterocycles. The molecule has 0 aliphatic rings. The van der Waals surface area contributed by atoms with Crippen LogP contribution in [-0.4, -0.2) is 12.5 Å². The van der Waals surface area contributed by atoms with E-state index in [0.717, 1.165) is 11.1 Å². The highest BCUT2D eigenvalue weighted by molar-refractivity contribution is 5.93. The highest BCUT2D eigenvalue weighted by atomic mass is 16.5. The Morgan fingerprint density at radius 1 is 0.808 bits per heavy atom. The van der Waals surface area contributed by atoms with Gasteiger partial charge in [0.2, 0.25) is 0 Å². The highest BCUT2D eigenvalue weighted by Gasteiger charge is 2.09.